The predicted molar refractivity (Wildman–Crippen MR) is 230 cm³/mol. The number of esters is 1. The summed E-state index contributed by atoms with van der Waals surface area (Å²) >= 11 is 0. The van der Waals surface area contributed by atoms with Crippen LogP contribution in [0.25, 0.3) is 0 Å². The lowest BCUT2D eigenvalue weighted by Crippen LogP contribution is -2.65. The van der Waals surface area contributed by atoms with Gasteiger partial charge in [0.25, 0.3) is 0 Å². The average molecular weight is 947 g/mol. The van der Waals surface area contributed by atoms with Gasteiger partial charge in [0, 0.05) is 51.4 Å². The van der Waals surface area contributed by atoms with Crippen molar-refractivity contribution in [2.75, 3.05) is 107 Å². The number of cyclic esters (lactones) is 1. The maximum atomic E-state index is 13.8. The fourth-order valence-corrected chi connectivity index (χ4v) is 8.97. The minimum absolute atomic E-state index is 0.00296. The topological polar surface area (TPSA) is 244 Å². The Morgan fingerprint density at radius 2 is 1.60 bits per heavy atom. The highest BCUT2D eigenvalue weighted by atomic mass is 16.7. The van der Waals surface area contributed by atoms with Gasteiger partial charge in [-0.05, 0) is 61.2 Å². The van der Waals surface area contributed by atoms with Crippen molar-refractivity contribution >= 4 is 23.6 Å². The van der Waals surface area contributed by atoms with Gasteiger partial charge in [-0.25, -0.2) is 4.79 Å². The maximum Gasteiger partial charge on any atom is 0.415 e. The van der Waals surface area contributed by atoms with Crippen LogP contribution in [0.2, 0.25) is 0 Å². The van der Waals surface area contributed by atoms with Crippen molar-refractivity contribution in [2.45, 2.75) is 75.5 Å². The summed E-state index contributed by atoms with van der Waals surface area (Å²) in [6.45, 7) is 5.69. The van der Waals surface area contributed by atoms with Crippen LogP contribution in [0, 0.1) is 11.8 Å². The van der Waals surface area contributed by atoms with Crippen LogP contribution >= 0.6 is 0 Å². The Morgan fingerprint density at radius 3 is 2.28 bits per heavy atom. The second-order valence-electron chi connectivity index (χ2n) is 17.0. The van der Waals surface area contributed by atoms with E-state index in [1.165, 1.54) is 19.1 Å². The van der Waals surface area contributed by atoms with Gasteiger partial charge in [0.2, 0.25) is 12.5 Å². The number of likely N-dealkylation sites (N-methyl/N-ethyl adjacent to an activating group) is 1. The Kier molecular flexibility index (Phi) is 17.3. The summed E-state index contributed by atoms with van der Waals surface area (Å²) in [7, 11) is 4.37. The van der Waals surface area contributed by atoms with Crippen LogP contribution in [0.5, 0.6) is 28.7 Å². The number of ether oxygens (including phenoxy) is 13. The van der Waals surface area contributed by atoms with Crippen LogP contribution in [-0.4, -0.2) is 176 Å². The fraction of sp³-hybridized carbons (Fsp3) is 0.652. The molecule has 2 aromatic carbocycles. The molecule has 0 radical (unpaired) electrons. The Labute approximate surface area is 388 Å². The number of ketones is 2. The van der Waals surface area contributed by atoms with E-state index in [9.17, 15) is 29.4 Å². The highest BCUT2D eigenvalue weighted by Gasteiger charge is 2.57. The van der Waals surface area contributed by atoms with Crippen molar-refractivity contribution in [2.24, 2.45) is 11.8 Å². The van der Waals surface area contributed by atoms with E-state index in [2.05, 4.69) is 5.32 Å². The van der Waals surface area contributed by atoms with Crippen molar-refractivity contribution in [1.29, 1.82) is 0 Å². The number of Topliss-reactive ketones (excluding diaryl/α,β-unsaturated/α-hetero) is 2. The summed E-state index contributed by atoms with van der Waals surface area (Å²) in [5, 5.41) is 25.8. The number of nitrogens with one attached hydrogen (secondary N) is 1. The van der Waals surface area contributed by atoms with E-state index in [0.29, 0.717) is 80.5 Å². The molecule has 3 saturated heterocycles. The van der Waals surface area contributed by atoms with Crippen LogP contribution in [0.3, 0.4) is 0 Å². The normalized spacial score (nSPS) is 27.2. The van der Waals surface area contributed by atoms with Crippen LogP contribution in [-0.2, 0) is 52.3 Å². The Morgan fingerprint density at radius 1 is 0.910 bits per heavy atom. The zero-order chi connectivity index (χ0) is 47.7. The smallest absolute Gasteiger partial charge is 0.415 e. The number of fused-ring (bicyclic) bond motifs is 3. The minimum atomic E-state index is -1.51. The quantitative estimate of drug-likeness (QED) is 0.107. The van der Waals surface area contributed by atoms with Crippen molar-refractivity contribution < 1.29 is 91.0 Å². The highest BCUT2D eigenvalue weighted by Crippen LogP contribution is 2.57. The van der Waals surface area contributed by atoms with E-state index in [4.69, 9.17) is 61.6 Å². The van der Waals surface area contributed by atoms with E-state index in [1.807, 2.05) is 0 Å². The van der Waals surface area contributed by atoms with Crippen molar-refractivity contribution in [3.63, 3.8) is 0 Å². The summed E-state index contributed by atoms with van der Waals surface area (Å²) < 4.78 is 75.0. The standard InChI is InChI=1S/C46H62N2O19/c1-26(49)7-6-11-57-13-14-58-15-16-59-22-29(50)21-47-9-10-48(3)45(54)66-41-35(55-4)17-28(18-36(41)56-5)37-30-19-33-34(64-25-63-33)20-31(30)40(32-23-61-43(53)38(32)37)65-44-39(51)42(52)46(24-62-44)8-12-60-27(2)67-46/h17-20,27,32,37-40,42,44,47,51-52H,6-16,21-25H2,1-5H3/t27?,32-,37+,38-,39?,40+,42?,44?,46?/m1/s1. The molecule has 4 heterocycles. The van der Waals surface area contributed by atoms with Crippen LogP contribution in [0.4, 0.5) is 4.79 Å². The number of nitrogens with zero attached hydrogens (tertiary/aromatic N) is 1. The van der Waals surface area contributed by atoms with Crippen molar-refractivity contribution in [3.05, 3.63) is 41.0 Å². The molecule has 67 heavy (non-hydrogen) atoms. The molecule has 0 bridgehead atoms. The van der Waals surface area contributed by atoms with E-state index < -0.39 is 66.3 Å². The van der Waals surface area contributed by atoms with Gasteiger partial charge in [-0.3, -0.25) is 9.59 Å². The van der Waals surface area contributed by atoms with Gasteiger partial charge in [-0.15, -0.1) is 0 Å². The molecule has 9 atom stereocenters. The molecule has 1 spiro atoms. The maximum absolute atomic E-state index is 13.8. The summed E-state index contributed by atoms with van der Waals surface area (Å²) in [6, 6.07) is 6.91. The Balaban J connectivity index is 0.976. The molecule has 21 heteroatoms. The largest absolute Gasteiger partial charge is 0.493 e. The van der Waals surface area contributed by atoms with Crippen LogP contribution in [0.15, 0.2) is 24.3 Å². The fourth-order valence-electron chi connectivity index (χ4n) is 8.97. The van der Waals surface area contributed by atoms with E-state index in [-0.39, 0.29) is 81.7 Å². The van der Waals surface area contributed by atoms with Gasteiger partial charge in [-0.1, -0.05) is 0 Å². The first-order valence-electron chi connectivity index (χ1n) is 22.5. The summed E-state index contributed by atoms with van der Waals surface area (Å²) in [6.07, 6.45) is -4.89. The third kappa shape index (κ3) is 11.8. The first kappa shape index (κ1) is 50.2. The lowest BCUT2D eigenvalue weighted by atomic mass is 9.66. The molecule has 370 valence electrons. The monoisotopic (exact) mass is 946 g/mol. The van der Waals surface area contributed by atoms with E-state index in [0.717, 1.165) is 0 Å². The number of benzene rings is 2. The molecule has 1 amide bonds. The van der Waals surface area contributed by atoms with Gasteiger partial charge in [0.15, 0.2) is 41.4 Å². The number of carbonyl (C=O) groups is 4. The molecule has 2 aromatic rings. The van der Waals surface area contributed by atoms with Gasteiger partial charge < -0.3 is 86.8 Å². The molecule has 4 aliphatic heterocycles. The number of methoxy groups -OCH3 is 2. The second-order valence-corrected chi connectivity index (χ2v) is 17.0. The third-order valence-electron chi connectivity index (χ3n) is 12.4. The zero-order valence-electron chi connectivity index (χ0n) is 38.5. The number of hydrogen-bond donors (Lipinski definition) is 3. The summed E-state index contributed by atoms with van der Waals surface area (Å²) in [5.41, 5.74) is 0.635. The van der Waals surface area contributed by atoms with E-state index >= 15 is 0 Å². The SMILES string of the molecule is COc1cc([C@H]2c3cc4c(cc3[C@H](OC3OCC5(CCOC(C)O5)C(O)C3O)[C@@H]3COC(=O)[C@@H]23)OCO4)cc(OC)c1OC(=O)N(C)CCNCC(=O)COCCOCCOCCCC(C)=O. The van der Waals surface area contributed by atoms with Gasteiger partial charge >= 0.3 is 12.1 Å². The molecule has 5 aliphatic rings. The minimum Gasteiger partial charge on any atom is -0.493 e. The number of amides is 1. The molecule has 21 nitrogen and oxygen atoms in total. The first-order valence-corrected chi connectivity index (χ1v) is 22.5. The molecule has 3 fully saturated rings. The van der Waals surface area contributed by atoms with Crippen LogP contribution < -0.4 is 29.0 Å². The first-order chi connectivity index (χ1) is 32.3. The lowest BCUT2D eigenvalue weighted by Gasteiger charge is -2.50. The second kappa shape index (κ2) is 23.1. The summed E-state index contributed by atoms with van der Waals surface area (Å²) in [5.74, 6) is -1.43. The average Bonchev–Trinajstić information content (AvgIpc) is 3.94. The Hall–Kier alpha value is -4.68. The van der Waals surface area contributed by atoms with E-state index in [1.54, 1.807) is 45.2 Å². The van der Waals surface area contributed by atoms with Crippen molar-refractivity contribution in [3.8, 4) is 28.7 Å². The zero-order valence-corrected chi connectivity index (χ0v) is 38.5. The molecule has 1 aliphatic carbocycles. The predicted octanol–water partition coefficient (Wildman–Crippen LogP) is 2.03. The summed E-state index contributed by atoms with van der Waals surface area (Å²) in [4.78, 5) is 51.8. The molecule has 0 aromatic heterocycles. The number of aliphatic hydroxyl groups excluding tert-OH is 2. The molecule has 3 N–H and O–H groups in total. The number of rotatable bonds is 23. The number of hydrogen-bond acceptors (Lipinski definition) is 20. The van der Waals surface area contributed by atoms with Gasteiger partial charge in [0.05, 0.1) is 79.0 Å². The number of carbonyl (C=O) groups excluding carboxylic acids is 4. The molecule has 0 saturated carbocycles. The molecular weight excluding hydrogens is 885 g/mol. The molecule has 7 rings (SSSR count). The Bertz CT molecular complexity index is 2030. The number of aliphatic hydroxyl groups is 2. The third-order valence-corrected chi connectivity index (χ3v) is 12.4. The lowest BCUT2D eigenvalue weighted by molar-refractivity contribution is -0.360. The van der Waals surface area contributed by atoms with Gasteiger partial charge in [0.1, 0.15) is 30.2 Å². The molecular formula is C46H62N2O19. The van der Waals surface area contributed by atoms with Gasteiger partial charge in [-0.2, -0.15) is 0 Å². The highest BCUT2D eigenvalue weighted by molar-refractivity contribution is 5.82. The van der Waals surface area contributed by atoms with Crippen molar-refractivity contribution in [1.82, 2.24) is 10.2 Å². The van der Waals surface area contributed by atoms with Crippen LogP contribution in [0.1, 0.15) is 61.8 Å². The molecule has 5 unspecified atom stereocenters.